The van der Waals surface area contributed by atoms with Crippen molar-refractivity contribution in [2.24, 2.45) is 0 Å². The van der Waals surface area contributed by atoms with Crippen LogP contribution in [0.25, 0.3) is 11.1 Å². The molecule has 17 heavy (non-hydrogen) atoms. The molecule has 88 valence electrons. The summed E-state index contributed by atoms with van der Waals surface area (Å²) in [5, 5.41) is 0. The van der Waals surface area contributed by atoms with E-state index in [0.717, 1.165) is 5.75 Å². The summed E-state index contributed by atoms with van der Waals surface area (Å²) in [6.45, 7) is 0.656. The van der Waals surface area contributed by atoms with Gasteiger partial charge < -0.3 is 9.47 Å². The summed E-state index contributed by atoms with van der Waals surface area (Å²) in [7, 11) is 3.38. The van der Waals surface area contributed by atoms with Crippen LogP contribution in [-0.4, -0.2) is 14.2 Å². The van der Waals surface area contributed by atoms with Gasteiger partial charge in [-0.3, -0.25) is 0 Å². The zero-order valence-electron chi connectivity index (χ0n) is 10.1. The number of benzene rings is 2. The first-order valence-corrected chi connectivity index (χ1v) is 5.56. The molecule has 0 bridgehead atoms. The van der Waals surface area contributed by atoms with Crippen molar-refractivity contribution >= 4 is 0 Å². The van der Waals surface area contributed by atoms with Crippen LogP contribution >= 0.6 is 0 Å². The van der Waals surface area contributed by atoms with Gasteiger partial charge in [-0.25, -0.2) is 0 Å². The van der Waals surface area contributed by atoms with Crippen molar-refractivity contribution in [1.82, 2.24) is 0 Å². The molecule has 0 N–H and O–H groups in total. The van der Waals surface area contributed by atoms with E-state index in [2.05, 4.69) is 36.4 Å². The first-order chi connectivity index (χ1) is 8.33. The fraction of sp³-hybridized carbons (Fsp3) is 0.200. The Morgan fingerprint density at radius 2 is 1.29 bits per heavy atom. The van der Waals surface area contributed by atoms with Crippen molar-refractivity contribution in [2.45, 2.75) is 6.61 Å². The average molecular weight is 228 g/mol. The van der Waals surface area contributed by atoms with Crippen molar-refractivity contribution in [3.05, 3.63) is 54.1 Å². The van der Waals surface area contributed by atoms with Gasteiger partial charge in [-0.05, 0) is 28.8 Å². The van der Waals surface area contributed by atoms with Crippen molar-refractivity contribution in [1.29, 1.82) is 0 Å². The predicted octanol–water partition coefficient (Wildman–Crippen LogP) is 3.51. The maximum Gasteiger partial charge on any atom is 0.118 e. The van der Waals surface area contributed by atoms with Crippen LogP contribution in [0.15, 0.2) is 48.5 Å². The molecule has 0 spiro atoms. The highest BCUT2D eigenvalue weighted by atomic mass is 16.5. The smallest absolute Gasteiger partial charge is 0.118 e. The second-order valence-electron chi connectivity index (χ2n) is 3.86. The molecule has 2 nitrogen and oxygen atoms in total. The summed E-state index contributed by atoms with van der Waals surface area (Å²) < 4.78 is 10.2. The van der Waals surface area contributed by atoms with E-state index in [1.54, 1.807) is 14.2 Å². The lowest BCUT2D eigenvalue weighted by molar-refractivity contribution is 0.185. The molecule has 0 aromatic heterocycles. The van der Waals surface area contributed by atoms with Gasteiger partial charge in [0.2, 0.25) is 0 Å². The highest BCUT2D eigenvalue weighted by Crippen LogP contribution is 2.22. The Morgan fingerprint density at radius 3 is 1.76 bits per heavy atom. The fourth-order valence-corrected chi connectivity index (χ4v) is 1.74. The first kappa shape index (κ1) is 11.7. The lowest BCUT2D eigenvalue weighted by atomic mass is 10.0. The normalized spacial score (nSPS) is 10.2. The van der Waals surface area contributed by atoms with Gasteiger partial charge in [0.15, 0.2) is 0 Å². The molecular weight excluding hydrogens is 212 g/mol. The van der Waals surface area contributed by atoms with E-state index in [0.29, 0.717) is 6.61 Å². The molecule has 0 radical (unpaired) electrons. The van der Waals surface area contributed by atoms with E-state index in [9.17, 15) is 0 Å². The van der Waals surface area contributed by atoms with Crippen molar-refractivity contribution in [3.63, 3.8) is 0 Å². The molecule has 0 saturated heterocycles. The Hall–Kier alpha value is -1.80. The quantitative estimate of drug-likeness (QED) is 0.797. The van der Waals surface area contributed by atoms with Crippen LogP contribution in [0, 0.1) is 0 Å². The van der Waals surface area contributed by atoms with Crippen molar-refractivity contribution in [2.75, 3.05) is 14.2 Å². The first-order valence-electron chi connectivity index (χ1n) is 5.56. The van der Waals surface area contributed by atoms with Crippen molar-refractivity contribution in [3.8, 4) is 16.9 Å². The van der Waals surface area contributed by atoms with E-state index in [1.165, 1.54) is 16.7 Å². The molecule has 0 aliphatic rings. The second kappa shape index (κ2) is 5.51. The topological polar surface area (TPSA) is 18.5 Å². The van der Waals surface area contributed by atoms with E-state index in [-0.39, 0.29) is 0 Å². The number of rotatable bonds is 4. The lowest BCUT2D eigenvalue weighted by Crippen LogP contribution is -1.87. The fourth-order valence-electron chi connectivity index (χ4n) is 1.74. The molecule has 0 heterocycles. The van der Waals surface area contributed by atoms with Gasteiger partial charge in [0, 0.05) is 7.11 Å². The molecule has 2 aromatic carbocycles. The van der Waals surface area contributed by atoms with Gasteiger partial charge in [0.1, 0.15) is 5.75 Å². The number of methoxy groups -OCH3 is 2. The van der Waals surface area contributed by atoms with E-state index >= 15 is 0 Å². The maximum atomic E-state index is 5.14. The number of hydrogen-bond acceptors (Lipinski definition) is 2. The molecule has 2 aromatic rings. The third kappa shape index (κ3) is 2.86. The zero-order chi connectivity index (χ0) is 12.1. The van der Waals surface area contributed by atoms with Gasteiger partial charge in [0.05, 0.1) is 13.7 Å². The number of ether oxygens (including phenoxy) is 2. The zero-order valence-corrected chi connectivity index (χ0v) is 10.1. The van der Waals surface area contributed by atoms with E-state index in [1.807, 2.05) is 12.1 Å². The summed E-state index contributed by atoms with van der Waals surface area (Å²) in [5.41, 5.74) is 3.58. The molecule has 0 fully saturated rings. The van der Waals surface area contributed by atoms with Gasteiger partial charge >= 0.3 is 0 Å². The molecular formula is C15H16O2. The van der Waals surface area contributed by atoms with Gasteiger partial charge in [-0.15, -0.1) is 0 Å². The lowest BCUT2D eigenvalue weighted by Gasteiger charge is -2.05. The SMILES string of the molecule is COCc1ccc(-c2ccc(OC)cc2)cc1. The van der Waals surface area contributed by atoms with E-state index in [4.69, 9.17) is 9.47 Å². The van der Waals surface area contributed by atoms with Crippen LogP contribution in [0.1, 0.15) is 5.56 Å². The molecule has 0 atom stereocenters. The Morgan fingerprint density at radius 1 is 0.765 bits per heavy atom. The minimum absolute atomic E-state index is 0.656. The molecule has 0 unspecified atom stereocenters. The third-order valence-electron chi connectivity index (χ3n) is 2.69. The molecule has 0 saturated carbocycles. The Labute approximate surface area is 102 Å². The van der Waals surface area contributed by atoms with Crippen molar-refractivity contribution < 1.29 is 9.47 Å². The van der Waals surface area contributed by atoms with E-state index < -0.39 is 0 Å². The minimum atomic E-state index is 0.656. The molecule has 2 rings (SSSR count). The maximum absolute atomic E-state index is 5.14. The molecule has 0 aliphatic carbocycles. The van der Waals surface area contributed by atoms with Crippen LogP contribution in [-0.2, 0) is 11.3 Å². The van der Waals surface area contributed by atoms with Crippen LogP contribution in [0.2, 0.25) is 0 Å². The largest absolute Gasteiger partial charge is 0.497 e. The summed E-state index contributed by atoms with van der Waals surface area (Å²) in [6, 6.07) is 16.4. The molecule has 2 heteroatoms. The standard InChI is InChI=1S/C15H16O2/c1-16-11-12-3-5-13(6-4-12)14-7-9-15(17-2)10-8-14/h3-10H,11H2,1-2H3. The van der Waals surface area contributed by atoms with Gasteiger partial charge in [-0.2, -0.15) is 0 Å². The third-order valence-corrected chi connectivity index (χ3v) is 2.69. The number of hydrogen-bond donors (Lipinski definition) is 0. The Bertz CT molecular complexity index is 457. The molecule has 0 aliphatic heterocycles. The Balaban J connectivity index is 2.20. The molecule has 0 amide bonds. The minimum Gasteiger partial charge on any atom is -0.497 e. The summed E-state index contributed by atoms with van der Waals surface area (Å²) >= 11 is 0. The van der Waals surface area contributed by atoms with Crippen LogP contribution < -0.4 is 4.74 Å². The van der Waals surface area contributed by atoms with Crippen LogP contribution in [0.3, 0.4) is 0 Å². The second-order valence-corrected chi connectivity index (χ2v) is 3.86. The monoisotopic (exact) mass is 228 g/mol. The summed E-state index contributed by atoms with van der Waals surface area (Å²) in [5.74, 6) is 0.879. The average Bonchev–Trinajstić information content (AvgIpc) is 2.40. The summed E-state index contributed by atoms with van der Waals surface area (Å²) in [6.07, 6.45) is 0. The summed E-state index contributed by atoms with van der Waals surface area (Å²) in [4.78, 5) is 0. The van der Waals surface area contributed by atoms with Gasteiger partial charge in [0.25, 0.3) is 0 Å². The predicted molar refractivity (Wildman–Crippen MR) is 69.1 cm³/mol. The highest BCUT2D eigenvalue weighted by molar-refractivity contribution is 5.64. The van der Waals surface area contributed by atoms with Crippen LogP contribution in [0.5, 0.6) is 5.75 Å². The van der Waals surface area contributed by atoms with Gasteiger partial charge in [-0.1, -0.05) is 36.4 Å². The highest BCUT2D eigenvalue weighted by Gasteiger charge is 1.98. The van der Waals surface area contributed by atoms with Crippen LogP contribution in [0.4, 0.5) is 0 Å². The Kier molecular flexibility index (Phi) is 3.78.